The van der Waals surface area contributed by atoms with Gasteiger partial charge < -0.3 is 20.7 Å². The zero-order chi connectivity index (χ0) is 20.6. The topological polar surface area (TPSA) is 93.4 Å². The lowest BCUT2D eigenvalue weighted by molar-refractivity contribution is -0.136. The largest absolute Gasteiger partial charge is 0.418 e. The summed E-state index contributed by atoms with van der Waals surface area (Å²) in [6, 6.07) is 0.425. The Bertz CT molecular complexity index is 913. The number of hydrogen-bond donors (Lipinski definition) is 2. The fourth-order valence-electron chi connectivity index (χ4n) is 2.86. The van der Waals surface area contributed by atoms with Gasteiger partial charge in [0.05, 0.1) is 0 Å². The molecule has 0 spiro atoms. The third-order valence-electron chi connectivity index (χ3n) is 4.18. The highest BCUT2D eigenvalue weighted by molar-refractivity contribution is 5.82. The van der Waals surface area contributed by atoms with Gasteiger partial charge in [0.25, 0.3) is 0 Å². The number of halogens is 5. The molecule has 3 N–H and O–H groups in total. The molecule has 28 heavy (non-hydrogen) atoms. The molecule has 1 aliphatic rings. The Kier molecular flexibility index (Phi) is 5.21. The average Bonchev–Trinajstić information content (AvgIpc) is 3.17. The lowest BCUT2D eigenvalue weighted by atomic mass is 10.2. The van der Waals surface area contributed by atoms with E-state index in [9.17, 15) is 26.7 Å². The highest BCUT2D eigenvalue weighted by atomic mass is 19.2. The van der Waals surface area contributed by atoms with Crippen LogP contribution < -0.4 is 20.7 Å². The molecular weight excluding hydrogens is 389 g/mol. The van der Waals surface area contributed by atoms with Gasteiger partial charge in [0.2, 0.25) is 40.8 Å². The highest BCUT2D eigenvalue weighted by Crippen LogP contribution is 2.31. The number of ether oxygens (including phenoxy) is 1. The van der Waals surface area contributed by atoms with E-state index >= 15 is 0 Å². The summed E-state index contributed by atoms with van der Waals surface area (Å²) in [5, 5.41) is 2.76. The van der Waals surface area contributed by atoms with Crippen LogP contribution in [0.5, 0.6) is 5.75 Å². The fourth-order valence-corrected chi connectivity index (χ4v) is 2.86. The van der Waals surface area contributed by atoms with Gasteiger partial charge in [0.1, 0.15) is 17.7 Å². The van der Waals surface area contributed by atoms with Crippen LogP contribution in [0.15, 0.2) is 6.07 Å². The van der Waals surface area contributed by atoms with Crippen molar-refractivity contribution in [1.29, 1.82) is 0 Å². The molecule has 7 nitrogen and oxygen atoms in total. The van der Waals surface area contributed by atoms with Crippen molar-refractivity contribution >= 4 is 23.6 Å². The molecule has 0 radical (unpaired) electrons. The number of aromatic nitrogens is 2. The van der Waals surface area contributed by atoms with Crippen molar-refractivity contribution < 1.29 is 31.5 Å². The monoisotopic (exact) mass is 403 g/mol. The first-order chi connectivity index (χ1) is 13.2. The molecule has 1 aromatic heterocycles. The first-order valence-electron chi connectivity index (χ1n) is 8.06. The number of hydrogen-bond acceptors (Lipinski definition) is 7. The van der Waals surface area contributed by atoms with Crippen molar-refractivity contribution in [1.82, 2.24) is 9.97 Å². The van der Waals surface area contributed by atoms with Gasteiger partial charge in [-0.3, -0.25) is 0 Å². The molecule has 1 atom stereocenters. The molecule has 2 aromatic rings. The number of esters is 1. The number of nitrogens with one attached hydrogen (secondary N) is 1. The number of rotatable bonds is 4. The number of benzene rings is 1. The maximum atomic E-state index is 13.8. The molecule has 12 heteroatoms. The smallest absolute Gasteiger partial charge is 0.334 e. The maximum Gasteiger partial charge on any atom is 0.334 e. The van der Waals surface area contributed by atoms with Gasteiger partial charge in [-0.15, -0.1) is 0 Å². The van der Waals surface area contributed by atoms with Gasteiger partial charge in [-0.05, 0) is 12.8 Å². The number of nitrogens with two attached hydrogens (primary N) is 1. The first kappa shape index (κ1) is 19.6. The van der Waals surface area contributed by atoms with Crippen LogP contribution in [0.1, 0.15) is 12.8 Å². The van der Waals surface area contributed by atoms with Crippen molar-refractivity contribution in [3.05, 3.63) is 35.2 Å². The van der Waals surface area contributed by atoms with Crippen molar-refractivity contribution in [3.63, 3.8) is 0 Å². The summed E-state index contributed by atoms with van der Waals surface area (Å²) in [6.07, 6.45) is 0.711. The normalized spacial score (nSPS) is 16.4. The summed E-state index contributed by atoms with van der Waals surface area (Å²) in [6.45, 7) is 0.330. The molecule has 0 amide bonds. The van der Waals surface area contributed by atoms with Crippen LogP contribution in [0, 0.1) is 29.1 Å². The van der Waals surface area contributed by atoms with Crippen LogP contribution in [0.2, 0.25) is 0 Å². The lowest BCUT2D eigenvalue weighted by Gasteiger charge is -2.24. The summed E-state index contributed by atoms with van der Waals surface area (Å²) in [4.78, 5) is 21.8. The zero-order valence-corrected chi connectivity index (χ0v) is 14.4. The quantitative estimate of drug-likeness (QED) is 0.266. The van der Waals surface area contributed by atoms with Gasteiger partial charge in [0, 0.05) is 19.7 Å². The second-order valence-electron chi connectivity index (χ2n) is 5.89. The minimum absolute atomic E-state index is 0.0827. The third kappa shape index (κ3) is 3.37. The Morgan fingerprint density at radius 1 is 1.14 bits per heavy atom. The average molecular weight is 403 g/mol. The molecule has 1 unspecified atom stereocenters. The molecule has 1 aliphatic heterocycles. The maximum absolute atomic E-state index is 13.8. The van der Waals surface area contributed by atoms with Crippen LogP contribution >= 0.6 is 0 Å². The molecule has 1 saturated heterocycles. The standard InChI is InChI=1S/C16H14F5N5O2/c1-23-7-5-8(25-16(22)24-7)26-4-2-3-6(26)15(27)28-14-12(20)10(18)9(17)11(19)13(14)21/h5-6H,2-4H2,1H3,(H3,22,23,24,25). The molecule has 0 aliphatic carbocycles. The second kappa shape index (κ2) is 7.44. The van der Waals surface area contributed by atoms with E-state index in [1.807, 2.05) is 0 Å². The minimum atomic E-state index is -2.34. The Morgan fingerprint density at radius 3 is 2.36 bits per heavy atom. The van der Waals surface area contributed by atoms with Gasteiger partial charge in [-0.25, -0.2) is 18.0 Å². The number of nitrogens with zero attached hydrogens (tertiary/aromatic N) is 3. The Balaban J connectivity index is 1.90. The Hall–Kier alpha value is -3.18. The van der Waals surface area contributed by atoms with Crippen molar-refractivity contribution in [3.8, 4) is 5.75 Å². The highest BCUT2D eigenvalue weighted by Gasteiger charge is 2.36. The molecular formula is C16H14F5N5O2. The molecule has 1 fully saturated rings. The number of anilines is 3. The molecule has 0 saturated carbocycles. The van der Waals surface area contributed by atoms with Crippen LogP contribution in [-0.2, 0) is 4.79 Å². The van der Waals surface area contributed by atoms with Crippen molar-refractivity contribution in [2.24, 2.45) is 0 Å². The summed E-state index contributed by atoms with van der Waals surface area (Å²) >= 11 is 0. The van der Waals surface area contributed by atoms with E-state index in [2.05, 4.69) is 20.0 Å². The molecule has 3 rings (SSSR count). The Labute approximate surface area is 155 Å². The summed E-state index contributed by atoms with van der Waals surface area (Å²) in [5.41, 5.74) is 5.61. The predicted octanol–water partition coefficient (Wildman–Crippen LogP) is 2.37. The van der Waals surface area contributed by atoms with E-state index in [1.165, 1.54) is 11.0 Å². The molecule has 150 valence electrons. The van der Waals surface area contributed by atoms with E-state index < -0.39 is 46.8 Å². The van der Waals surface area contributed by atoms with Gasteiger partial charge >= 0.3 is 5.97 Å². The van der Waals surface area contributed by atoms with Crippen LogP contribution in [0.4, 0.5) is 39.5 Å². The lowest BCUT2D eigenvalue weighted by Crippen LogP contribution is -2.39. The van der Waals surface area contributed by atoms with E-state index in [4.69, 9.17) is 5.73 Å². The summed E-state index contributed by atoms with van der Waals surface area (Å²) in [5.74, 6) is -13.5. The van der Waals surface area contributed by atoms with E-state index in [1.54, 1.807) is 7.05 Å². The van der Waals surface area contributed by atoms with Gasteiger partial charge in [-0.2, -0.15) is 18.7 Å². The second-order valence-corrected chi connectivity index (χ2v) is 5.89. The van der Waals surface area contributed by atoms with Crippen LogP contribution in [0.25, 0.3) is 0 Å². The summed E-state index contributed by atoms with van der Waals surface area (Å²) < 4.78 is 71.8. The van der Waals surface area contributed by atoms with Gasteiger partial charge in [0.15, 0.2) is 0 Å². The van der Waals surface area contributed by atoms with E-state index in [0.29, 0.717) is 18.8 Å². The fraction of sp³-hybridized carbons (Fsp3) is 0.312. The van der Waals surface area contributed by atoms with E-state index in [-0.39, 0.29) is 18.2 Å². The van der Waals surface area contributed by atoms with Crippen molar-refractivity contribution in [2.75, 3.05) is 29.5 Å². The van der Waals surface area contributed by atoms with Crippen molar-refractivity contribution in [2.45, 2.75) is 18.9 Å². The zero-order valence-electron chi connectivity index (χ0n) is 14.4. The number of carbonyl (C=O) groups is 1. The third-order valence-corrected chi connectivity index (χ3v) is 4.18. The van der Waals surface area contributed by atoms with Crippen LogP contribution in [-0.4, -0.2) is 35.6 Å². The summed E-state index contributed by atoms with van der Waals surface area (Å²) in [7, 11) is 1.59. The molecule has 2 heterocycles. The molecule has 1 aromatic carbocycles. The number of nitrogen functional groups attached to an aromatic ring is 1. The van der Waals surface area contributed by atoms with Gasteiger partial charge in [-0.1, -0.05) is 0 Å². The minimum Gasteiger partial charge on any atom is -0.418 e. The molecule has 0 bridgehead atoms. The first-order valence-corrected chi connectivity index (χ1v) is 8.06. The number of carbonyl (C=O) groups excluding carboxylic acids is 1. The van der Waals surface area contributed by atoms with Crippen LogP contribution in [0.3, 0.4) is 0 Å². The predicted molar refractivity (Wildman–Crippen MR) is 88.2 cm³/mol. The Morgan fingerprint density at radius 2 is 1.75 bits per heavy atom. The van der Waals surface area contributed by atoms with E-state index in [0.717, 1.165) is 0 Å². The SMILES string of the molecule is CNc1cc(N2CCCC2C(=O)Oc2c(F)c(F)c(F)c(F)c2F)nc(N)n1.